The van der Waals surface area contributed by atoms with Gasteiger partial charge < -0.3 is 10.2 Å². The molecule has 2 fully saturated rings. The summed E-state index contributed by atoms with van der Waals surface area (Å²) < 4.78 is 26.9. The summed E-state index contributed by atoms with van der Waals surface area (Å²) >= 11 is 5.93. The van der Waals surface area contributed by atoms with Crippen LogP contribution in [0.4, 0.5) is 0 Å². The Morgan fingerprint density at radius 1 is 1.13 bits per heavy atom. The summed E-state index contributed by atoms with van der Waals surface area (Å²) in [6.07, 6.45) is 2.45. The van der Waals surface area contributed by atoms with Crippen molar-refractivity contribution in [3.05, 3.63) is 29.3 Å². The standard InChI is InChI=1S/C16H24ClN3O2S/c17-15-2-1-3-16(12-15)23(21,22)20-10-8-19(9-11-20)13-14-4-6-18-7-5-14/h1-3,12,14,18H,4-11,13H2. The predicted molar refractivity (Wildman–Crippen MR) is 92.2 cm³/mol. The average molecular weight is 358 g/mol. The van der Waals surface area contributed by atoms with Gasteiger partial charge in [0, 0.05) is 37.7 Å². The molecule has 128 valence electrons. The molecule has 0 atom stereocenters. The molecule has 7 heteroatoms. The van der Waals surface area contributed by atoms with E-state index in [1.54, 1.807) is 22.5 Å². The van der Waals surface area contributed by atoms with Gasteiger partial charge in [-0.25, -0.2) is 8.42 Å². The molecule has 0 bridgehead atoms. The molecule has 0 radical (unpaired) electrons. The van der Waals surface area contributed by atoms with Gasteiger partial charge >= 0.3 is 0 Å². The third-order valence-electron chi connectivity index (χ3n) is 4.74. The first-order valence-corrected chi connectivity index (χ1v) is 10.1. The lowest BCUT2D eigenvalue weighted by atomic mass is 9.97. The van der Waals surface area contributed by atoms with E-state index in [1.165, 1.54) is 18.9 Å². The largest absolute Gasteiger partial charge is 0.317 e. The van der Waals surface area contributed by atoms with Gasteiger partial charge in [-0.1, -0.05) is 17.7 Å². The smallest absolute Gasteiger partial charge is 0.243 e. The van der Waals surface area contributed by atoms with E-state index in [-0.39, 0.29) is 4.90 Å². The number of hydrogen-bond donors (Lipinski definition) is 1. The van der Waals surface area contributed by atoms with Crippen LogP contribution in [0.15, 0.2) is 29.2 Å². The highest BCUT2D eigenvalue weighted by molar-refractivity contribution is 7.89. The summed E-state index contributed by atoms with van der Waals surface area (Å²) in [5.41, 5.74) is 0. The van der Waals surface area contributed by atoms with Gasteiger partial charge in [-0.3, -0.25) is 0 Å². The Labute approximate surface area is 143 Å². The molecule has 1 aromatic rings. The first kappa shape index (κ1) is 17.2. The first-order valence-electron chi connectivity index (χ1n) is 8.24. The van der Waals surface area contributed by atoms with Crippen LogP contribution in [0.2, 0.25) is 5.02 Å². The third kappa shape index (κ3) is 4.25. The van der Waals surface area contributed by atoms with Crippen LogP contribution in [0.5, 0.6) is 0 Å². The molecule has 1 N–H and O–H groups in total. The number of halogens is 1. The van der Waals surface area contributed by atoms with E-state index in [2.05, 4.69) is 10.2 Å². The summed E-state index contributed by atoms with van der Waals surface area (Å²) in [6, 6.07) is 6.51. The summed E-state index contributed by atoms with van der Waals surface area (Å²) in [5, 5.41) is 3.84. The highest BCUT2D eigenvalue weighted by Crippen LogP contribution is 2.21. The predicted octanol–water partition coefficient (Wildman–Crippen LogP) is 1.65. The van der Waals surface area contributed by atoms with Gasteiger partial charge in [0.25, 0.3) is 0 Å². The van der Waals surface area contributed by atoms with Crippen LogP contribution < -0.4 is 5.32 Å². The molecule has 2 heterocycles. The molecular weight excluding hydrogens is 334 g/mol. The molecular formula is C16H24ClN3O2S. The molecule has 0 aliphatic carbocycles. The zero-order chi connectivity index (χ0) is 16.3. The van der Waals surface area contributed by atoms with Crippen molar-refractivity contribution in [1.82, 2.24) is 14.5 Å². The lowest BCUT2D eigenvalue weighted by Crippen LogP contribution is -2.50. The maximum absolute atomic E-state index is 12.7. The third-order valence-corrected chi connectivity index (χ3v) is 6.87. The highest BCUT2D eigenvalue weighted by Gasteiger charge is 2.29. The van der Waals surface area contributed by atoms with E-state index in [0.717, 1.165) is 38.6 Å². The number of rotatable bonds is 4. The quantitative estimate of drug-likeness (QED) is 0.890. The highest BCUT2D eigenvalue weighted by atomic mass is 35.5. The fourth-order valence-electron chi connectivity index (χ4n) is 3.36. The van der Waals surface area contributed by atoms with E-state index in [4.69, 9.17) is 11.6 Å². The summed E-state index contributed by atoms with van der Waals surface area (Å²) in [7, 11) is -3.43. The number of piperidine rings is 1. The summed E-state index contributed by atoms with van der Waals surface area (Å²) in [5.74, 6) is 0.743. The fourth-order valence-corrected chi connectivity index (χ4v) is 5.08. The van der Waals surface area contributed by atoms with E-state index < -0.39 is 10.0 Å². The van der Waals surface area contributed by atoms with Gasteiger partial charge in [-0.15, -0.1) is 0 Å². The molecule has 1 aromatic carbocycles. The van der Waals surface area contributed by atoms with Crippen LogP contribution in [0, 0.1) is 5.92 Å². The average Bonchev–Trinajstić information content (AvgIpc) is 2.56. The van der Waals surface area contributed by atoms with Crippen LogP contribution >= 0.6 is 11.6 Å². The molecule has 5 nitrogen and oxygen atoms in total. The molecule has 0 unspecified atom stereocenters. The molecule has 3 rings (SSSR count). The molecule has 0 amide bonds. The second-order valence-electron chi connectivity index (χ2n) is 6.36. The molecule has 0 saturated carbocycles. The van der Waals surface area contributed by atoms with Gasteiger partial charge in [-0.2, -0.15) is 4.31 Å². The number of nitrogens with zero attached hydrogens (tertiary/aromatic N) is 2. The van der Waals surface area contributed by atoms with Gasteiger partial charge in [0.2, 0.25) is 10.0 Å². The minimum absolute atomic E-state index is 0.289. The number of hydrogen-bond acceptors (Lipinski definition) is 4. The maximum Gasteiger partial charge on any atom is 0.243 e. The SMILES string of the molecule is O=S(=O)(c1cccc(Cl)c1)N1CCN(CC2CCNCC2)CC1. The minimum atomic E-state index is -3.43. The first-order chi connectivity index (χ1) is 11.1. The van der Waals surface area contributed by atoms with Crippen LogP contribution in [0.25, 0.3) is 0 Å². The summed E-state index contributed by atoms with van der Waals surface area (Å²) in [6.45, 7) is 6.03. The van der Waals surface area contributed by atoms with Crippen LogP contribution in [-0.2, 0) is 10.0 Å². The summed E-state index contributed by atoms with van der Waals surface area (Å²) in [4.78, 5) is 2.69. The van der Waals surface area contributed by atoms with E-state index in [9.17, 15) is 8.42 Å². The number of piperazine rings is 1. The Morgan fingerprint density at radius 3 is 2.48 bits per heavy atom. The molecule has 23 heavy (non-hydrogen) atoms. The number of sulfonamides is 1. The normalized spacial score (nSPS) is 22.3. The Kier molecular flexibility index (Phi) is 5.59. The lowest BCUT2D eigenvalue weighted by molar-refractivity contribution is 0.152. The maximum atomic E-state index is 12.7. The van der Waals surface area contributed by atoms with Crippen molar-refractivity contribution < 1.29 is 8.42 Å². The van der Waals surface area contributed by atoms with E-state index in [1.807, 2.05) is 0 Å². The van der Waals surface area contributed by atoms with Gasteiger partial charge in [-0.05, 0) is 50.0 Å². The van der Waals surface area contributed by atoms with E-state index in [0.29, 0.717) is 18.1 Å². The number of nitrogens with one attached hydrogen (secondary N) is 1. The van der Waals surface area contributed by atoms with E-state index >= 15 is 0 Å². The fraction of sp³-hybridized carbons (Fsp3) is 0.625. The van der Waals surface area contributed by atoms with Crippen molar-refractivity contribution in [2.24, 2.45) is 5.92 Å². The van der Waals surface area contributed by atoms with Crippen LogP contribution in [0.3, 0.4) is 0 Å². The van der Waals surface area contributed by atoms with Crippen molar-refractivity contribution in [2.75, 3.05) is 45.8 Å². The Bertz CT molecular complexity index is 624. The van der Waals surface area contributed by atoms with Crippen molar-refractivity contribution >= 4 is 21.6 Å². The molecule has 2 saturated heterocycles. The second-order valence-corrected chi connectivity index (χ2v) is 8.73. The molecule has 2 aliphatic rings. The van der Waals surface area contributed by atoms with Crippen molar-refractivity contribution in [2.45, 2.75) is 17.7 Å². The van der Waals surface area contributed by atoms with Crippen LogP contribution in [-0.4, -0.2) is 63.4 Å². The van der Waals surface area contributed by atoms with Gasteiger partial charge in [0.1, 0.15) is 0 Å². The topological polar surface area (TPSA) is 52.7 Å². The second kappa shape index (κ2) is 7.49. The Morgan fingerprint density at radius 2 is 1.83 bits per heavy atom. The molecule has 0 aromatic heterocycles. The Balaban J connectivity index is 1.57. The zero-order valence-electron chi connectivity index (χ0n) is 13.2. The Hall–Kier alpha value is -0.660. The number of benzene rings is 1. The van der Waals surface area contributed by atoms with Crippen LogP contribution in [0.1, 0.15) is 12.8 Å². The zero-order valence-corrected chi connectivity index (χ0v) is 14.8. The molecule has 0 spiro atoms. The molecule has 2 aliphatic heterocycles. The van der Waals surface area contributed by atoms with Crippen molar-refractivity contribution in [1.29, 1.82) is 0 Å². The van der Waals surface area contributed by atoms with Crippen molar-refractivity contribution in [3.8, 4) is 0 Å². The van der Waals surface area contributed by atoms with Gasteiger partial charge in [0.15, 0.2) is 0 Å². The van der Waals surface area contributed by atoms with Crippen molar-refractivity contribution in [3.63, 3.8) is 0 Å². The van der Waals surface area contributed by atoms with Gasteiger partial charge in [0.05, 0.1) is 4.90 Å². The minimum Gasteiger partial charge on any atom is -0.317 e. The lowest BCUT2D eigenvalue weighted by Gasteiger charge is -2.36. The monoisotopic (exact) mass is 357 g/mol.